The van der Waals surface area contributed by atoms with E-state index in [2.05, 4.69) is 43.5 Å². The van der Waals surface area contributed by atoms with Gasteiger partial charge in [0, 0.05) is 41.6 Å². The molecule has 2 aromatic heterocycles. The minimum atomic E-state index is 0.0336. The molecular weight excluding hydrogens is 392 g/mol. The van der Waals surface area contributed by atoms with Crippen LogP contribution in [0.25, 0.3) is 0 Å². The third kappa shape index (κ3) is 4.02. The number of rotatable bonds is 6. The molecule has 1 fully saturated rings. The van der Waals surface area contributed by atoms with Crippen molar-refractivity contribution >= 4 is 27.7 Å². The Hall–Kier alpha value is -2.47. The second-order valence-electron chi connectivity index (χ2n) is 6.56. The highest BCUT2D eigenvalue weighted by Crippen LogP contribution is 2.48. The number of anilines is 1. The van der Waals surface area contributed by atoms with Crippen molar-refractivity contribution in [2.24, 2.45) is 5.92 Å². The molecule has 0 aliphatic heterocycles. The molecule has 1 aromatic carbocycles. The van der Waals surface area contributed by atoms with Gasteiger partial charge in [0.1, 0.15) is 0 Å². The van der Waals surface area contributed by atoms with Crippen molar-refractivity contribution in [3.8, 4) is 0 Å². The molecule has 4 rings (SSSR count). The van der Waals surface area contributed by atoms with Crippen molar-refractivity contribution in [2.45, 2.75) is 25.3 Å². The van der Waals surface area contributed by atoms with Crippen LogP contribution < -0.4 is 5.32 Å². The predicted molar refractivity (Wildman–Crippen MR) is 104 cm³/mol. The van der Waals surface area contributed by atoms with Gasteiger partial charge in [-0.3, -0.25) is 14.5 Å². The van der Waals surface area contributed by atoms with Gasteiger partial charge >= 0.3 is 0 Å². The number of aryl methyl sites for hydroxylation is 2. The molecule has 1 amide bonds. The largest absolute Gasteiger partial charge is 0.309 e. The number of hydrogen-bond acceptors (Lipinski definition) is 3. The molecule has 0 saturated heterocycles. The Kier molecular flexibility index (Phi) is 4.84. The number of carbonyl (C=O) groups is 1. The van der Waals surface area contributed by atoms with E-state index >= 15 is 0 Å². The van der Waals surface area contributed by atoms with Gasteiger partial charge in [0.25, 0.3) is 0 Å². The first-order valence-corrected chi connectivity index (χ1v) is 9.47. The molecule has 2 heterocycles. The Labute approximate surface area is 160 Å². The highest BCUT2D eigenvalue weighted by Gasteiger charge is 2.44. The molecule has 6 heteroatoms. The summed E-state index contributed by atoms with van der Waals surface area (Å²) < 4.78 is 2.91. The minimum Gasteiger partial charge on any atom is -0.309 e. The fourth-order valence-corrected chi connectivity index (χ4v) is 3.57. The van der Waals surface area contributed by atoms with Gasteiger partial charge in [-0.25, -0.2) is 0 Å². The third-order valence-electron chi connectivity index (χ3n) is 4.67. The van der Waals surface area contributed by atoms with E-state index in [4.69, 9.17) is 0 Å². The molecule has 5 nitrogen and oxygen atoms in total. The van der Waals surface area contributed by atoms with Crippen LogP contribution in [-0.4, -0.2) is 20.7 Å². The average molecular weight is 411 g/mol. The van der Waals surface area contributed by atoms with E-state index in [0.717, 1.165) is 23.9 Å². The van der Waals surface area contributed by atoms with Gasteiger partial charge in [0.05, 0.1) is 0 Å². The minimum absolute atomic E-state index is 0.0336. The fourth-order valence-electron chi connectivity index (χ4n) is 3.16. The third-order valence-corrected chi connectivity index (χ3v) is 5.17. The maximum absolute atomic E-state index is 12.5. The van der Waals surface area contributed by atoms with Crippen LogP contribution in [0, 0.1) is 5.92 Å². The maximum atomic E-state index is 12.5. The average Bonchev–Trinajstić information content (AvgIpc) is 3.35. The molecule has 26 heavy (non-hydrogen) atoms. The van der Waals surface area contributed by atoms with Gasteiger partial charge in [-0.05, 0) is 54.2 Å². The maximum Gasteiger partial charge on any atom is 0.229 e. The SMILES string of the molecule is O=C(Nc1ccn(CCc2ccncc2)n1)C1CC1c1cccc(Br)c1. The van der Waals surface area contributed by atoms with Gasteiger partial charge in [0.2, 0.25) is 5.91 Å². The summed E-state index contributed by atoms with van der Waals surface area (Å²) in [6, 6.07) is 14.0. The molecule has 3 aromatic rings. The van der Waals surface area contributed by atoms with Gasteiger partial charge in [-0.1, -0.05) is 28.1 Å². The smallest absolute Gasteiger partial charge is 0.229 e. The van der Waals surface area contributed by atoms with Crippen LogP contribution in [-0.2, 0) is 17.8 Å². The lowest BCUT2D eigenvalue weighted by molar-refractivity contribution is -0.117. The summed E-state index contributed by atoms with van der Waals surface area (Å²) in [7, 11) is 0. The lowest BCUT2D eigenvalue weighted by Crippen LogP contribution is -2.15. The molecule has 2 unspecified atom stereocenters. The summed E-state index contributed by atoms with van der Waals surface area (Å²) in [6.45, 7) is 0.768. The van der Waals surface area contributed by atoms with Crippen molar-refractivity contribution < 1.29 is 4.79 Å². The predicted octanol–water partition coefficient (Wildman–Crippen LogP) is 4.03. The summed E-state index contributed by atoms with van der Waals surface area (Å²) in [5, 5.41) is 7.39. The lowest BCUT2D eigenvalue weighted by Gasteiger charge is -2.04. The second kappa shape index (κ2) is 7.41. The molecule has 0 spiro atoms. The molecule has 2 atom stereocenters. The molecule has 1 aliphatic carbocycles. The number of nitrogens with one attached hydrogen (secondary N) is 1. The van der Waals surface area contributed by atoms with Crippen LogP contribution in [0.15, 0.2) is 65.5 Å². The van der Waals surface area contributed by atoms with Gasteiger partial charge in [-0.15, -0.1) is 0 Å². The number of pyridine rings is 1. The number of amides is 1. The second-order valence-corrected chi connectivity index (χ2v) is 7.48. The summed E-state index contributed by atoms with van der Waals surface area (Å²) >= 11 is 3.49. The molecule has 1 aliphatic rings. The molecule has 0 bridgehead atoms. The Morgan fingerprint density at radius 2 is 2.08 bits per heavy atom. The highest BCUT2D eigenvalue weighted by atomic mass is 79.9. The van der Waals surface area contributed by atoms with E-state index in [1.165, 1.54) is 11.1 Å². The zero-order valence-electron chi connectivity index (χ0n) is 14.2. The van der Waals surface area contributed by atoms with E-state index < -0.39 is 0 Å². The van der Waals surface area contributed by atoms with Crippen LogP contribution in [0.5, 0.6) is 0 Å². The van der Waals surface area contributed by atoms with E-state index in [0.29, 0.717) is 11.7 Å². The quantitative estimate of drug-likeness (QED) is 0.667. The first kappa shape index (κ1) is 17.0. The first-order chi connectivity index (χ1) is 12.7. The summed E-state index contributed by atoms with van der Waals surface area (Å²) in [4.78, 5) is 16.5. The fraction of sp³-hybridized carbons (Fsp3) is 0.250. The zero-order valence-corrected chi connectivity index (χ0v) is 15.8. The number of aromatic nitrogens is 3. The van der Waals surface area contributed by atoms with Crippen molar-refractivity contribution in [1.29, 1.82) is 0 Å². The summed E-state index contributed by atoms with van der Waals surface area (Å²) in [6.07, 6.45) is 7.26. The standard InChI is InChI=1S/C20H19BrN4O/c21-16-3-1-2-15(12-16)17-13-18(17)20(26)23-19-7-11-25(24-19)10-6-14-4-8-22-9-5-14/h1-5,7-9,11-12,17-18H,6,10,13H2,(H,23,24,26). The van der Waals surface area contributed by atoms with E-state index in [9.17, 15) is 4.79 Å². The molecular formula is C20H19BrN4O. The highest BCUT2D eigenvalue weighted by molar-refractivity contribution is 9.10. The Bertz CT molecular complexity index is 909. The van der Waals surface area contributed by atoms with E-state index in [1.54, 1.807) is 12.4 Å². The Morgan fingerprint density at radius 1 is 1.23 bits per heavy atom. The normalized spacial score (nSPS) is 18.5. The lowest BCUT2D eigenvalue weighted by atomic mass is 10.1. The Balaban J connectivity index is 1.31. The summed E-state index contributed by atoms with van der Waals surface area (Å²) in [5.74, 6) is 1.01. The monoisotopic (exact) mass is 410 g/mol. The van der Waals surface area contributed by atoms with Crippen molar-refractivity contribution in [2.75, 3.05) is 5.32 Å². The molecule has 1 saturated carbocycles. The van der Waals surface area contributed by atoms with Crippen molar-refractivity contribution in [1.82, 2.24) is 14.8 Å². The van der Waals surface area contributed by atoms with Crippen LogP contribution >= 0.6 is 15.9 Å². The van der Waals surface area contributed by atoms with Crippen LogP contribution in [0.3, 0.4) is 0 Å². The number of hydrogen-bond donors (Lipinski definition) is 1. The number of nitrogens with zero attached hydrogens (tertiary/aromatic N) is 3. The topological polar surface area (TPSA) is 59.8 Å². The van der Waals surface area contributed by atoms with Gasteiger partial charge in [-0.2, -0.15) is 5.10 Å². The zero-order chi connectivity index (χ0) is 17.9. The molecule has 0 radical (unpaired) electrons. The molecule has 1 N–H and O–H groups in total. The van der Waals surface area contributed by atoms with Gasteiger partial charge < -0.3 is 5.32 Å². The molecule has 132 valence electrons. The van der Waals surface area contributed by atoms with Crippen molar-refractivity contribution in [3.63, 3.8) is 0 Å². The number of benzene rings is 1. The van der Waals surface area contributed by atoms with Crippen LogP contribution in [0.4, 0.5) is 5.82 Å². The Morgan fingerprint density at radius 3 is 2.88 bits per heavy atom. The number of halogens is 1. The van der Waals surface area contributed by atoms with E-state index in [1.807, 2.05) is 41.2 Å². The summed E-state index contributed by atoms with van der Waals surface area (Å²) in [5.41, 5.74) is 2.43. The van der Waals surface area contributed by atoms with Crippen LogP contribution in [0.1, 0.15) is 23.5 Å². The first-order valence-electron chi connectivity index (χ1n) is 8.68. The van der Waals surface area contributed by atoms with Gasteiger partial charge in [0.15, 0.2) is 5.82 Å². The van der Waals surface area contributed by atoms with Crippen LogP contribution in [0.2, 0.25) is 0 Å². The van der Waals surface area contributed by atoms with Crippen molar-refractivity contribution in [3.05, 3.63) is 76.7 Å². The van der Waals surface area contributed by atoms with E-state index in [-0.39, 0.29) is 11.8 Å². The number of carbonyl (C=O) groups excluding carboxylic acids is 1.